The van der Waals surface area contributed by atoms with Crippen molar-refractivity contribution >= 4 is 5.91 Å². The monoisotopic (exact) mass is 344 g/mol. The van der Waals surface area contributed by atoms with Gasteiger partial charge >= 0.3 is 0 Å². The molecule has 3 rings (SSSR count). The van der Waals surface area contributed by atoms with Crippen LogP contribution in [0.15, 0.2) is 24.3 Å². The summed E-state index contributed by atoms with van der Waals surface area (Å²) in [6, 6.07) is 8.21. The van der Waals surface area contributed by atoms with E-state index in [2.05, 4.69) is 35.8 Å². The fourth-order valence-corrected chi connectivity index (χ4v) is 3.82. The fraction of sp³-hybridized carbons (Fsp3) is 0.667. The van der Waals surface area contributed by atoms with E-state index >= 15 is 0 Å². The minimum atomic E-state index is 0.239. The summed E-state index contributed by atoms with van der Waals surface area (Å²) in [6.07, 6.45) is 4.33. The zero-order chi connectivity index (χ0) is 17.6. The first-order valence-corrected chi connectivity index (χ1v) is 9.82. The average Bonchev–Trinajstić information content (AvgIpc) is 2.64. The summed E-state index contributed by atoms with van der Waals surface area (Å²) in [6.45, 7) is 9.98. The number of benzene rings is 1. The van der Waals surface area contributed by atoms with Crippen molar-refractivity contribution in [3.05, 3.63) is 29.8 Å². The van der Waals surface area contributed by atoms with Crippen molar-refractivity contribution in [3.63, 3.8) is 0 Å². The average molecular weight is 344 g/mol. The van der Waals surface area contributed by atoms with Crippen molar-refractivity contribution in [3.8, 4) is 5.75 Å². The van der Waals surface area contributed by atoms with Crippen molar-refractivity contribution in [2.24, 2.45) is 11.8 Å². The number of hydrogen-bond acceptors (Lipinski definition) is 3. The maximum atomic E-state index is 12.7. The van der Waals surface area contributed by atoms with Crippen molar-refractivity contribution in [1.82, 2.24) is 9.80 Å². The number of carbonyl (C=O) groups is 1. The molecule has 0 bridgehead atoms. The lowest BCUT2D eigenvalue weighted by Gasteiger charge is -2.36. The second-order valence-corrected chi connectivity index (χ2v) is 7.79. The predicted molar refractivity (Wildman–Crippen MR) is 101 cm³/mol. The van der Waals surface area contributed by atoms with Gasteiger partial charge in [-0.25, -0.2) is 0 Å². The normalized spacial score (nSPS) is 20.6. The lowest BCUT2D eigenvalue weighted by atomic mass is 9.93. The number of amides is 1. The summed E-state index contributed by atoms with van der Waals surface area (Å²) in [5.74, 6) is 2.36. The van der Waals surface area contributed by atoms with Crippen molar-refractivity contribution in [1.29, 1.82) is 0 Å². The highest BCUT2D eigenvalue weighted by molar-refractivity contribution is 5.79. The molecule has 1 aromatic rings. The molecule has 2 heterocycles. The summed E-state index contributed by atoms with van der Waals surface area (Å²) < 4.78 is 5.83. The minimum Gasteiger partial charge on any atom is -0.492 e. The first kappa shape index (κ1) is 18.2. The molecule has 0 radical (unpaired) electrons. The molecule has 1 aromatic carbocycles. The Morgan fingerprint density at radius 2 is 1.68 bits per heavy atom. The van der Waals surface area contributed by atoms with E-state index in [-0.39, 0.29) is 5.92 Å². The van der Waals surface area contributed by atoms with Crippen LogP contribution in [0.5, 0.6) is 5.75 Å². The maximum Gasteiger partial charge on any atom is 0.225 e. The van der Waals surface area contributed by atoms with E-state index in [4.69, 9.17) is 4.74 Å². The largest absolute Gasteiger partial charge is 0.492 e. The molecule has 1 amide bonds. The maximum absolute atomic E-state index is 12.7. The van der Waals surface area contributed by atoms with Gasteiger partial charge < -0.3 is 9.64 Å². The molecule has 0 saturated carbocycles. The molecule has 0 atom stereocenters. The van der Waals surface area contributed by atoms with Gasteiger partial charge in [0.05, 0.1) is 0 Å². The lowest BCUT2D eigenvalue weighted by molar-refractivity contribution is -0.138. The van der Waals surface area contributed by atoms with E-state index in [0.717, 1.165) is 57.2 Å². The highest BCUT2D eigenvalue weighted by Gasteiger charge is 2.30. The van der Waals surface area contributed by atoms with E-state index in [1.165, 1.54) is 18.4 Å². The summed E-state index contributed by atoms with van der Waals surface area (Å²) >= 11 is 0. The Labute approximate surface area is 152 Å². The van der Waals surface area contributed by atoms with Gasteiger partial charge in [0.25, 0.3) is 0 Å². The third-order valence-corrected chi connectivity index (χ3v) is 5.73. The van der Waals surface area contributed by atoms with Crippen LogP contribution in [0.2, 0.25) is 0 Å². The molecule has 4 heteroatoms. The van der Waals surface area contributed by atoms with Gasteiger partial charge in [0.15, 0.2) is 0 Å². The number of nitrogens with zero attached hydrogens (tertiary/aromatic N) is 2. The van der Waals surface area contributed by atoms with E-state index in [9.17, 15) is 4.79 Å². The van der Waals surface area contributed by atoms with E-state index in [1.54, 1.807) is 0 Å². The molecule has 2 fully saturated rings. The molecular weight excluding hydrogens is 312 g/mol. The van der Waals surface area contributed by atoms with Gasteiger partial charge in [-0.05, 0) is 63.7 Å². The van der Waals surface area contributed by atoms with Crippen LogP contribution in [0.25, 0.3) is 0 Å². The molecule has 0 N–H and O–H groups in total. The molecule has 4 nitrogen and oxygen atoms in total. The quantitative estimate of drug-likeness (QED) is 0.821. The van der Waals surface area contributed by atoms with Crippen LogP contribution in [0, 0.1) is 18.8 Å². The Morgan fingerprint density at radius 1 is 1.04 bits per heavy atom. The topological polar surface area (TPSA) is 32.8 Å². The van der Waals surface area contributed by atoms with Crippen molar-refractivity contribution in [2.45, 2.75) is 39.5 Å². The highest BCUT2D eigenvalue weighted by Crippen LogP contribution is 2.23. The van der Waals surface area contributed by atoms with Gasteiger partial charge in [-0.2, -0.15) is 0 Å². The zero-order valence-electron chi connectivity index (χ0n) is 15.7. The molecule has 2 aliphatic rings. The second-order valence-electron chi connectivity index (χ2n) is 7.79. The number of hydrogen-bond donors (Lipinski definition) is 0. The number of piperidine rings is 2. The van der Waals surface area contributed by atoms with Crippen LogP contribution in [0.1, 0.15) is 38.2 Å². The lowest BCUT2D eigenvalue weighted by Crippen LogP contribution is -2.45. The second kappa shape index (κ2) is 8.70. The smallest absolute Gasteiger partial charge is 0.225 e. The highest BCUT2D eigenvalue weighted by atomic mass is 16.5. The number of carbonyl (C=O) groups excluding carboxylic acids is 1. The van der Waals surface area contributed by atoms with Crippen LogP contribution < -0.4 is 4.74 Å². The van der Waals surface area contributed by atoms with Crippen LogP contribution >= 0.6 is 0 Å². The Morgan fingerprint density at radius 3 is 2.32 bits per heavy atom. The van der Waals surface area contributed by atoms with Crippen molar-refractivity contribution < 1.29 is 9.53 Å². The summed E-state index contributed by atoms with van der Waals surface area (Å²) in [5, 5.41) is 0. The first-order valence-electron chi connectivity index (χ1n) is 9.82. The fourth-order valence-electron chi connectivity index (χ4n) is 3.82. The number of likely N-dealkylation sites (tertiary alicyclic amines) is 2. The van der Waals surface area contributed by atoms with Crippen LogP contribution in [0.4, 0.5) is 0 Å². The predicted octanol–water partition coefficient (Wildman–Crippen LogP) is 3.34. The molecule has 0 spiro atoms. The Hall–Kier alpha value is -1.55. The molecular formula is C21H32N2O2. The van der Waals surface area contributed by atoms with E-state index < -0.39 is 0 Å². The SMILES string of the molecule is Cc1ccc(OCCN2CCC(C(=O)N3CCC(C)CC3)CC2)cc1. The van der Waals surface area contributed by atoms with Crippen LogP contribution in [0.3, 0.4) is 0 Å². The number of ether oxygens (including phenoxy) is 1. The molecule has 138 valence electrons. The van der Waals surface area contributed by atoms with Crippen LogP contribution in [-0.2, 0) is 4.79 Å². The van der Waals surface area contributed by atoms with E-state index in [1.807, 2.05) is 12.1 Å². The van der Waals surface area contributed by atoms with Gasteiger partial charge in [0.1, 0.15) is 12.4 Å². The molecule has 2 aliphatic heterocycles. The first-order chi connectivity index (χ1) is 12.1. The Kier molecular flexibility index (Phi) is 6.35. The Balaban J connectivity index is 1.35. The van der Waals surface area contributed by atoms with Gasteiger partial charge in [-0.3, -0.25) is 9.69 Å². The van der Waals surface area contributed by atoms with Gasteiger partial charge in [0.2, 0.25) is 5.91 Å². The summed E-state index contributed by atoms with van der Waals surface area (Å²) in [4.78, 5) is 17.2. The molecule has 0 aliphatic carbocycles. The molecule has 0 unspecified atom stereocenters. The molecule has 0 aromatic heterocycles. The summed E-state index contributed by atoms with van der Waals surface area (Å²) in [5.41, 5.74) is 1.25. The number of aryl methyl sites for hydroxylation is 1. The number of rotatable bonds is 5. The van der Waals surface area contributed by atoms with Crippen LogP contribution in [-0.4, -0.2) is 55.0 Å². The molecule has 25 heavy (non-hydrogen) atoms. The zero-order valence-corrected chi connectivity index (χ0v) is 15.7. The standard InChI is InChI=1S/C21H32N2O2/c1-17-3-5-20(6-4-17)25-16-15-22-11-9-19(10-12-22)21(24)23-13-7-18(2)8-14-23/h3-6,18-19H,7-16H2,1-2H3. The third-order valence-electron chi connectivity index (χ3n) is 5.73. The minimum absolute atomic E-state index is 0.239. The Bertz CT molecular complexity index is 542. The molecule has 2 saturated heterocycles. The van der Waals surface area contributed by atoms with Gasteiger partial charge in [0, 0.05) is 25.6 Å². The van der Waals surface area contributed by atoms with Crippen molar-refractivity contribution in [2.75, 3.05) is 39.3 Å². The van der Waals surface area contributed by atoms with Gasteiger partial charge in [-0.15, -0.1) is 0 Å². The summed E-state index contributed by atoms with van der Waals surface area (Å²) in [7, 11) is 0. The van der Waals surface area contributed by atoms with Gasteiger partial charge in [-0.1, -0.05) is 24.6 Å². The van der Waals surface area contributed by atoms with E-state index in [0.29, 0.717) is 12.5 Å². The third kappa shape index (κ3) is 5.21.